The second kappa shape index (κ2) is 0.971. The van der Waals surface area contributed by atoms with E-state index in [1.807, 2.05) is 0 Å². The minimum atomic E-state index is 1.07. The van der Waals surface area contributed by atoms with Crippen molar-refractivity contribution >= 4 is 8.58 Å². The van der Waals surface area contributed by atoms with Crippen molar-refractivity contribution in [3.8, 4) is 0 Å². The lowest BCUT2D eigenvalue weighted by Crippen LogP contribution is -1.26. The van der Waals surface area contributed by atoms with E-state index in [1.54, 1.807) is 0 Å². The lowest BCUT2D eigenvalue weighted by atomic mass is 10.7. The van der Waals surface area contributed by atoms with Gasteiger partial charge in [0.2, 0.25) is 0 Å². The molecule has 1 heteroatoms. The average molecular weight is 84.1 g/mol. The van der Waals surface area contributed by atoms with Gasteiger partial charge in [0.15, 0.2) is 0 Å². The minimum absolute atomic E-state index is 1.07. The van der Waals surface area contributed by atoms with Gasteiger partial charge in [0, 0.05) is 6.16 Å². The number of hydrogen-bond acceptors (Lipinski definition) is 0. The molecule has 1 aliphatic heterocycles. The van der Waals surface area contributed by atoms with Crippen LogP contribution < -0.4 is 0 Å². The SMILES string of the molecule is C=C=C1CP1. The van der Waals surface area contributed by atoms with E-state index in [0.29, 0.717) is 0 Å². The Morgan fingerprint density at radius 3 is 2.60 bits per heavy atom. The quantitative estimate of drug-likeness (QED) is 0.307. The van der Waals surface area contributed by atoms with Gasteiger partial charge in [-0.3, -0.25) is 0 Å². The predicted octanol–water partition coefficient (Wildman–Crippen LogP) is 1.35. The Balaban J connectivity index is 2.80. The van der Waals surface area contributed by atoms with Crippen molar-refractivity contribution in [3.63, 3.8) is 0 Å². The molecular weight excluding hydrogens is 79.0 g/mol. The Morgan fingerprint density at radius 2 is 2.60 bits per heavy atom. The normalized spacial score (nSPS) is 22.8. The Morgan fingerprint density at radius 1 is 2.00 bits per heavy atom. The average Bonchev–Trinajstić information content (AvgIpc) is 2.12. The lowest BCUT2D eigenvalue weighted by Gasteiger charge is -1.40. The van der Waals surface area contributed by atoms with E-state index in [4.69, 9.17) is 0 Å². The van der Waals surface area contributed by atoms with E-state index in [9.17, 15) is 0 Å². The molecule has 26 valence electrons. The van der Waals surface area contributed by atoms with E-state index >= 15 is 0 Å². The van der Waals surface area contributed by atoms with Crippen LogP contribution in [0, 0.1) is 0 Å². The summed E-state index contributed by atoms with van der Waals surface area (Å²) in [5, 5.41) is 1.42. The molecule has 0 aromatic heterocycles. The van der Waals surface area contributed by atoms with Crippen LogP contribution in [-0.2, 0) is 0 Å². The van der Waals surface area contributed by atoms with Crippen LogP contribution in [0.25, 0.3) is 0 Å². The maximum atomic E-state index is 3.47. The fourth-order valence-electron chi connectivity index (χ4n) is 0.169. The first-order valence-corrected chi connectivity index (χ1v) is 2.77. The van der Waals surface area contributed by atoms with Crippen LogP contribution in [0.1, 0.15) is 0 Å². The van der Waals surface area contributed by atoms with Gasteiger partial charge in [-0.2, -0.15) is 0 Å². The zero-order valence-electron chi connectivity index (χ0n) is 2.91. The van der Waals surface area contributed by atoms with Crippen LogP contribution >= 0.6 is 8.58 Å². The Labute approximate surface area is 33.4 Å². The zero-order chi connectivity index (χ0) is 3.70. The van der Waals surface area contributed by atoms with E-state index in [-0.39, 0.29) is 0 Å². The van der Waals surface area contributed by atoms with E-state index in [1.165, 1.54) is 11.5 Å². The summed E-state index contributed by atoms with van der Waals surface area (Å²) in [5.41, 5.74) is 2.82. The zero-order valence-corrected chi connectivity index (χ0v) is 3.91. The molecule has 0 aliphatic carbocycles. The van der Waals surface area contributed by atoms with Crippen LogP contribution in [0.2, 0.25) is 0 Å². The smallest absolute Gasteiger partial charge is 0.00176 e. The molecule has 1 saturated heterocycles. The van der Waals surface area contributed by atoms with Gasteiger partial charge in [0.1, 0.15) is 0 Å². The largest absolute Gasteiger partial charge is 0.125 e. The molecule has 0 amide bonds. The third-order valence-electron chi connectivity index (χ3n) is 0.567. The number of rotatable bonds is 0. The van der Waals surface area contributed by atoms with Crippen LogP contribution in [0.15, 0.2) is 17.6 Å². The summed E-state index contributed by atoms with van der Waals surface area (Å²) in [5.74, 6) is 0. The molecule has 0 aromatic rings. The maximum absolute atomic E-state index is 3.47. The highest BCUT2D eigenvalue weighted by Crippen LogP contribution is 2.41. The van der Waals surface area contributed by atoms with E-state index in [0.717, 1.165) is 8.58 Å². The molecule has 1 rings (SSSR count). The van der Waals surface area contributed by atoms with Crippen LogP contribution in [-0.4, -0.2) is 6.16 Å². The molecular formula is C4H5P. The Bertz CT molecular complexity index is 81.8. The molecule has 1 atom stereocenters. The first-order valence-electron chi connectivity index (χ1n) is 1.56. The fraction of sp³-hybridized carbons (Fsp3) is 0.250. The minimum Gasteiger partial charge on any atom is -0.125 e. The van der Waals surface area contributed by atoms with Gasteiger partial charge >= 0.3 is 0 Å². The molecule has 0 spiro atoms. The maximum Gasteiger partial charge on any atom is 0.00176 e. The highest BCUT2D eigenvalue weighted by atomic mass is 31.1. The van der Waals surface area contributed by atoms with Crippen molar-refractivity contribution < 1.29 is 0 Å². The summed E-state index contributed by atoms with van der Waals surface area (Å²) in [6.07, 6.45) is 1.28. The van der Waals surface area contributed by atoms with E-state index < -0.39 is 0 Å². The molecule has 0 saturated carbocycles. The Hall–Kier alpha value is -0.0500. The summed E-state index contributed by atoms with van der Waals surface area (Å²) in [6.45, 7) is 3.47. The summed E-state index contributed by atoms with van der Waals surface area (Å²) in [7, 11) is 1.07. The third-order valence-corrected chi connectivity index (χ3v) is 1.45. The van der Waals surface area contributed by atoms with Gasteiger partial charge in [-0.05, 0) is 5.31 Å². The molecule has 1 aliphatic rings. The van der Waals surface area contributed by atoms with Crippen molar-refractivity contribution in [1.82, 2.24) is 0 Å². The highest BCUT2D eigenvalue weighted by Gasteiger charge is 2.07. The molecule has 0 nitrogen and oxygen atoms in total. The van der Waals surface area contributed by atoms with E-state index in [2.05, 4.69) is 12.3 Å². The second-order valence-corrected chi connectivity index (χ2v) is 2.32. The molecule has 1 unspecified atom stereocenters. The summed E-state index contributed by atoms with van der Waals surface area (Å²) >= 11 is 0. The van der Waals surface area contributed by atoms with Gasteiger partial charge in [-0.25, -0.2) is 0 Å². The summed E-state index contributed by atoms with van der Waals surface area (Å²) in [6, 6.07) is 0. The topological polar surface area (TPSA) is 0 Å². The lowest BCUT2D eigenvalue weighted by molar-refractivity contribution is 1.92. The van der Waals surface area contributed by atoms with Crippen molar-refractivity contribution in [3.05, 3.63) is 17.6 Å². The van der Waals surface area contributed by atoms with Gasteiger partial charge in [0.05, 0.1) is 0 Å². The standard InChI is InChI=1S/C4H5P/c1-2-4-3-5-4/h5H,1,3H2. The van der Waals surface area contributed by atoms with Gasteiger partial charge in [-0.15, -0.1) is 5.73 Å². The van der Waals surface area contributed by atoms with Crippen molar-refractivity contribution in [1.29, 1.82) is 0 Å². The third kappa shape index (κ3) is 0.613. The monoisotopic (exact) mass is 84.0 g/mol. The predicted molar refractivity (Wildman–Crippen MR) is 25.8 cm³/mol. The molecule has 0 N–H and O–H groups in total. The van der Waals surface area contributed by atoms with Crippen LogP contribution in [0.4, 0.5) is 0 Å². The first-order chi connectivity index (χ1) is 2.43. The van der Waals surface area contributed by atoms with Crippen molar-refractivity contribution in [2.75, 3.05) is 6.16 Å². The summed E-state index contributed by atoms with van der Waals surface area (Å²) in [4.78, 5) is 0. The molecule has 1 fully saturated rings. The molecule has 1 heterocycles. The van der Waals surface area contributed by atoms with Gasteiger partial charge in [0.25, 0.3) is 0 Å². The summed E-state index contributed by atoms with van der Waals surface area (Å²) < 4.78 is 0. The number of hydrogen-bond donors (Lipinski definition) is 0. The van der Waals surface area contributed by atoms with Crippen LogP contribution in [0.5, 0.6) is 0 Å². The van der Waals surface area contributed by atoms with Crippen molar-refractivity contribution in [2.45, 2.75) is 0 Å². The Kier molecular flexibility index (Phi) is 0.612. The highest BCUT2D eigenvalue weighted by molar-refractivity contribution is 7.53. The molecule has 5 heavy (non-hydrogen) atoms. The van der Waals surface area contributed by atoms with Crippen molar-refractivity contribution in [2.24, 2.45) is 0 Å². The number of allylic oxidation sites excluding steroid dienone is 1. The van der Waals surface area contributed by atoms with Gasteiger partial charge in [-0.1, -0.05) is 15.2 Å². The van der Waals surface area contributed by atoms with Gasteiger partial charge < -0.3 is 0 Å². The first kappa shape index (κ1) is 3.15. The molecule has 0 bridgehead atoms. The fourth-order valence-corrected chi connectivity index (χ4v) is 0.508. The molecule has 0 aromatic carbocycles. The van der Waals surface area contributed by atoms with Crippen LogP contribution in [0.3, 0.4) is 0 Å². The molecule has 0 radical (unpaired) electrons. The second-order valence-electron chi connectivity index (χ2n) is 1.01.